The lowest BCUT2D eigenvalue weighted by atomic mass is 10.2. The number of rotatable bonds is 7. The summed E-state index contributed by atoms with van der Waals surface area (Å²) in [5.74, 6) is 0.481. The minimum Gasteiger partial charge on any atom is -0.489 e. The van der Waals surface area contributed by atoms with Gasteiger partial charge in [-0.15, -0.1) is 0 Å². The van der Waals surface area contributed by atoms with E-state index in [9.17, 15) is 4.79 Å². The van der Waals surface area contributed by atoms with E-state index in [1.165, 1.54) is 0 Å². The smallest absolute Gasteiger partial charge is 0.253 e. The maximum atomic E-state index is 12.2. The highest BCUT2D eigenvalue weighted by Crippen LogP contribution is 2.25. The van der Waals surface area contributed by atoms with Crippen LogP contribution in [0.25, 0.3) is 0 Å². The first-order chi connectivity index (χ1) is 10.6. The van der Waals surface area contributed by atoms with E-state index in [1.54, 1.807) is 6.92 Å². The molecule has 2 rings (SSSR count). The number of carbonyl (C=O) groups is 1. The standard InChI is InChI=1S/C17H25NO4/c1-12(2)22-16-9-5-4-8-15(16)18-17(19)13(3)21-11-14-7-6-10-20-14/h4-5,8-9,12-14H,6-7,10-11H2,1-3H3,(H,18,19)/t13-,14+/m0/s1. The molecule has 0 saturated carbocycles. The van der Waals surface area contributed by atoms with E-state index in [2.05, 4.69) is 5.32 Å². The molecule has 122 valence electrons. The molecular formula is C17H25NO4. The molecule has 1 aromatic rings. The average molecular weight is 307 g/mol. The summed E-state index contributed by atoms with van der Waals surface area (Å²) in [7, 11) is 0. The summed E-state index contributed by atoms with van der Waals surface area (Å²) >= 11 is 0. The molecule has 1 heterocycles. The summed E-state index contributed by atoms with van der Waals surface area (Å²) in [6.07, 6.45) is 1.70. The Hall–Kier alpha value is -1.59. The molecule has 0 unspecified atom stereocenters. The Kier molecular flexibility index (Phi) is 6.21. The molecule has 1 amide bonds. The first-order valence-electron chi connectivity index (χ1n) is 7.86. The Morgan fingerprint density at radius 1 is 1.36 bits per heavy atom. The Morgan fingerprint density at radius 3 is 2.82 bits per heavy atom. The van der Waals surface area contributed by atoms with Crippen LogP contribution in [0.1, 0.15) is 33.6 Å². The quantitative estimate of drug-likeness (QED) is 0.841. The first-order valence-corrected chi connectivity index (χ1v) is 7.86. The van der Waals surface area contributed by atoms with Gasteiger partial charge in [0.25, 0.3) is 5.91 Å². The highest BCUT2D eigenvalue weighted by Gasteiger charge is 2.20. The summed E-state index contributed by atoms with van der Waals surface area (Å²) in [4.78, 5) is 12.2. The van der Waals surface area contributed by atoms with Crippen molar-refractivity contribution in [2.24, 2.45) is 0 Å². The molecule has 1 aliphatic rings. The van der Waals surface area contributed by atoms with Crippen LogP contribution in [0, 0.1) is 0 Å². The van der Waals surface area contributed by atoms with E-state index in [0.717, 1.165) is 19.4 Å². The summed E-state index contributed by atoms with van der Waals surface area (Å²) in [6, 6.07) is 7.40. The zero-order valence-electron chi connectivity index (χ0n) is 13.5. The number of anilines is 1. The molecule has 5 heteroatoms. The molecule has 0 bridgehead atoms. The SMILES string of the molecule is CC(C)Oc1ccccc1NC(=O)[C@H](C)OC[C@H]1CCCO1. The predicted molar refractivity (Wildman–Crippen MR) is 85.2 cm³/mol. The van der Waals surface area contributed by atoms with Gasteiger partial charge in [-0.3, -0.25) is 4.79 Å². The fraction of sp³-hybridized carbons (Fsp3) is 0.588. The molecular weight excluding hydrogens is 282 g/mol. The number of hydrogen-bond donors (Lipinski definition) is 1. The summed E-state index contributed by atoms with van der Waals surface area (Å²) in [6.45, 7) is 6.89. The largest absolute Gasteiger partial charge is 0.489 e. The second kappa shape index (κ2) is 8.15. The Labute approximate surface area is 131 Å². The second-order valence-electron chi connectivity index (χ2n) is 5.76. The van der Waals surface area contributed by atoms with Gasteiger partial charge in [0.1, 0.15) is 11.9 Å². The van der Waals surface area contributed by atoms with Crippen molar-refractivity contribution in [1.82, 2.24) is 0 Å². The van der Waals surface area contributed by atoms with Gasteiger partial charge >= 0.3 is 0 Å². The van der Waals surface area contributed by atoms with Crippen molar-refractivity contribution in [2.75, 3.05) is 18.5 Å². The van der Waals surface area contributed by atoms with E-state index in [1.807, 2.05) is 38.1 Å². The topological polar surface area (TPSA) is 56.8 Å². The zero-order valence-corrected chi connectivity index (χ0v) is 13.5. The normalized spacial score (nSPS) is 19.2. The number of amides is 1. The van der Waals surface area contributed by atoms with Crippen LogP contribution in [0.4, 0.5) is 5.69 Å². The van der Waals surface area contributed by atoms with Crippen molar-refractivity contribution < 1.29 is 19.0 Å². The van der Waals surface area contributed by atoms with Gasteiger partial charge in [0.05, 0.1) is 24.5 Å². The number of carbonyl (C=O) groups excluding carboxylic acids is 1. The van der Waals surface area contributed by atoms with Crippen LogP contribution >= 0.6 is 0 Å². The van der Waals surface area contributed by atoms with Crippen molar-refractivity contribution in [1.29, 1.82) is 0 Å². The van der Waals surface area contributed by atoms with E-state index in [-0.39, 0.29) is 18.1 Å². The van der Waals surface area contributed by atoms with E-state index in [0.29, 0.717) is 18.0 Å². The summed E-state index contributed by atoms with van der Waals surface area (Å²) in [5, 5.41) is 2.86. The van der Waals surface area contributed by atoms with E-state index >= 15 is 0 Å². The van der Waals surface area contributed by atoms with Crippen LogP contribution in [0.2, 0.25) is 0 Å². The van der Waals surface area contributed by atoms with Crippen molar-refractivity contribution in [3.8, 4) is 5.75 Å². The Bertz CT molecular complexity index is 483. The fourth-order valence-corrected chi connectivity index (χ4v) is 2.26. The van der Waals surface area contributed by atoms with Crippen LogP contribution in [-0.4, -0.2) is 37.4 Å². The lowest BCUT2D eigenvalue weighted by Gasteiger charge is -2.18. The maximum Gasteiger partial charge on any atom is 0.253 e. The van der Waals surface area contributed by atoms with Crippen molar-refractivity contribution in [2.45, 2.75) is 51.9 Å². The minimum atomic E-state index is -0.531. The molecule has 0 radical (unpaired) electrons. The monoisotopic (exact) mass is 307 g/mol. The third-order valence-electron chi connectivity index (χ3n) is 3.43. The second-order valence-corrected chi connectivity index (χ2v) is 5.76. The van der Waals surface area contributed by atoms with Gasteiger partial charge in [-0.1, -0.05) is 12.1 Å². The van der Waals surface area contributed by atoms with Crippen molar-refractivity contribution >= 4 is 11.6 Å². The maximum absolute atomic E-state index is 12.2. The zero-order chi connectivity index (χ0) is 15.9. The molecule has 2 atom stereocenters. The van der Waals surface area contributed by atoms with Crippen molar-refractivity contribution in [3.63, 3.8) is 0 Å². The molecule has 1 fully saturated rings. The molecule has 0 aliphatic carbocycles. The number of hydrogen-bond acceptors (Lipinski definition) is 4. The van der Waals surface area contributed by atoms with Crippen LogP contribution in [0.15, 0.2) is 24.3 Å². The Balaban J connectivity index is 1.87. The number of benzene rings is 1. The fourth-order valence-electron chi connectivity index (χ4n) is 2.26. The van der Waals surface area contributed by atoms with Crippen LogP contribution in [0.5, 0.6) is 5.75 Å². The molecule has 22 heavy (non-hydrogen) atoms. The summed E-state index contributed by atoms with van der Waals surface area (Å²) in [5.41, 5.74) is 0.661. The molecule has 1 aromatic carbocycles. The van der Waals surface area contributed by atoms with Gasteiger partial charge < -0.3 is 19.5 Å². The molecule has 1 N–H and O–H groups in total. The highest BCUT2D eigenvalue weighted by atomic mass is 16.5. The lowest BCUT2D eigenvalue weighted by Crippen LogP contribution is -2.30. The van der Waals surface area contributed by atoms with Gasteiger partial charge in [-0.25, -0.2) is 0 Å². The van der Waals surface area contributed by atoms with Crippen LogP contribution < -0.4 is 10.1 Å². The molecule has 0 aromatic heterocycles. The number of ether oxygens (including phenoxy) is 3. The third kappa shape index (κ3) is 5.00. The van der Waals surface area contributed by atoms with E-state index in [4.69, 9.17) is 14.2 Å². The van der Waals surface area contributed by atoms with Crippen molar-refractivity contribution in [3.05, 3.63) is 24.3 Å². The van der Waals surface area contributed by atoms with Gasteiger partial charge in [0.15, 0.2) is 0 Å². The van der Waals surface area contributed by atoms with Crippen LogP contribution in [0.3, 0.4) is 0 Å². The predicted octanol–water partition coefficient (Wildman–Crippen LogP) is 3.00. The Morgan fingerprint density at radius 2 is 2.14 bits per heavy atom. The van der Waals surface area contributed by atoms with Gasteiger partial charge in [-0.2, -0.15) is 0 Å². The molecule has 1 aliphatic heterocycles. The first kappa shape index (κ1) is 16.8. The highest BCUT2D eigenvalue weighted by molar-refractivity contribution is 5.95. The van der Waals surface area contributed by atoms with Gasteiger partial charge in [0.2, 0.25) is 0 Å². The minimum absolute atomic E-state index is 0.0474. The summed E-state index contributed by atoms with van der Waals surface area (Å²) < 4.78 is 16.8. The average Bonchev–Trinajstić information content (AvgIpc) is 2.99. The lowest BCUT2D eigenvalue weighted by molar-refractivity contribution is -0.128. The van der Waals surface area contributed by atoms with Crippen LogP contribution in [-0.2, 0) is 14.3 Å². The molecule has 5 nitrogen and oxygen atoms in total. The molecule has 0 spiro atoms. The molecule has 1 saturated heterocycles. The van der Waals surface area contributed by atoms with Gasteiger partial charge in [-0.05, 0) is 45.7 Å². The number of para-hydroxylation sites is 2. The van der Waals surface area contributed by atoms with E-state index < -0.39 is 6.10 Å². The van der Waals surface area contributed by atoms with Gasteiger partial charge in [0, 0.05) is 6.61 Å². The third-order valence-corrected chi connectivity index (χ3v) is 3.43. The number of nitrogens with one attached hydrogen (secondary N) is 1.